The Labute approximate surface area is 97.1 Å². The largest absolute Gasteiger partial charge is 0.374 e. The molecule has 0 aromatic carbocycles. The Hall–Kier alpha value is 1.46. The third-order valence-electron chi connectivity index (χ3n) is 0.770. The first kappa shape index (κ1) is 14.0. The van der Waals surface area contributed by atoms with Gasteiger partial charge in [0, 0.05) is 35.7 Å². The van der Waals surface area contributed by atoms with Crippen LogP contribution >= 0.6 is 24.8 Å². The summed E-state index contributed by atoms with van der Waals surface area (Å²) < 4.78 is 0.609. The number of hydrogen-bond donors (Lipinski definition) is 2. The summed E-state index contributed by atoms with van der Waals surface area (Å²) in [6, 6.07) is 0. The Kier molecular flexibility index (Phi) is 8.44. The van der Waals surface area contributed by atoms with Gasteiger partial charge in [-0.05, 0) is 0 Å². The predicted molar refractivity (Wildman–Crippen MR) is 58.7 cm³/mol. The molecule has 55 valence electrons. The van der Waals surface area contributed by atoms with E-state index >= 15 is 0 Å². The molecule has 0 aliphatic rings. The van der Waals surface area contributed by atoms with Crippen molar-refractivity contribution >= 4 is 66.8 Å². The quantitative estimate of drug-likeness (QED) is 0.397. The van der Waals surface area contributed by atoms with Gasteiger partial charge in [-0.1, -0.05) is 31.9 Å². The zero-order valence-electron chi connectivity index (χ0n) is 7.06. The van der Waals surface area contributed by atoms with Crippen molar-refractivity contribution in [2.75, 3.05) is 6.17 Å². The molecule has 0 aliphatic carbocycles. The minimum Gasteiger partial charge on any atom is -0.374 e. The van der Waals surface area contributed by atoms with Gasteiger partial charge < -0.3 is 5.32 Å². The smallest absolute Gasteiger partial charge is 0.130 e. The predicted octanol–water partition coefficient (Wildman–Crippen LogP) is 1.29. The Morgan fingerprint density at radius 1 is 1.50 bits per heavy atom. The second-order valence-corrected chi connectivity index (χ2v) is 9.85. The Morgan fingerprint density at radius 2 is 1.90 bits per heavy atom. The molecule has 0 atom stereocenters. The van der Waals surface area contributed by atoms with Crippen molar-refractivity contribution in [2.45, 2.75) is 19.6 Å². The van der Waals surface area contributed by atoms with E-state index < -0.39 is 8.07 Å². The summed E-state index contributed by atoms with van der Waals surface area (Å²) in [4.78, 5) is 0. The van der Waals surface area contributed by atoms with Crippen molar-refractivity contribution in [2.24, 2.45) is 0 Å². The first-order valence-corrected chi connectivity index (χ1v) is 7.45. The van der Waals surface area contributed by atoms with Crippen LogP contribution in [0.1, 0.15) is 0 Å². The van der Waals surface area contributed by atoms with E-state index in [-0.39, 0.29) is 29.6 Å². The summed E-state index contributed by atoms with van der Waals surface area (Å²) in [5, 5.41) is 3.04. The number of thiol groups is 1. The van der Waals surface area contributed by atoms with E-state index in [0.717, 1.165) is 6.17 Å². The fraction of sp³-hybridized carbons (Fsp3) is 0.800. The van der Waals surface area contributed by atoms with Crippen LogP contribution in [0.15, 0.2) is 0 Å². The Bertz CT molecular complexity index is 113. The average Bonchev–Trinajstić information content (AvgIpc) is 1.59. The van der Waals surface area contributed by atoms with Crippen molar-refractivity contribution < 1.29 is 0 Å². The zero-order valence-corrected chi connectivity index (χ0v) is 11.8. The second-order valence-electron chi connectivity index (χ2n) is 3.22. The normalized spacial score (nSPS) is 10.0. The van der Waals surface area contributed by atoms with Crippen LogP contribution in [0.4, 0.5) is 0 Å². The van der Waals surface area contributed by atoms with Gasteiger partial charge in [0.05, 0.1) is 8.07 Å². The van der Waals surface area contributed by atoms with Gasteiger partial charge in [-0.25, -0.2) is 0 Å². The Morgan fingerprint density at radius 3 is 2.00 bits per heavy atom. The third kappa shape index (κ3) is 12.2. The molecule has 0 aliphatic heterocycles. The molecule has 0 spiro atoms. The molecule has 0 saturated carbocycles. The summed E-state index contributed by atoms with van der Waals surface area (Å²) >= 11 is 8.69. The minimum absolute atomic E-state index is 0. The van der Waals surface area contributed by atoms with Gasteiger partial charge in [-0.15, -0.1) is 12.6 Å². The van der Waals surface area contributed by atoms with Crippen molar-refractivity contribution in [3.63, 3.8) is 0 Å². The number of hydrogen-bond acceptors (Lipinski definition) is 1. The fourth-order valence-corrected chi connectivity index (χ4v) is 1.48. The first-order chi connectivity index (χ1) is 3.92. The van der Waals surface area contributed by atoms with Gasteiger partial charge in [0.25, 0.3) is 0 Å². The van der Waals surface area contributed by atoms with Crippen LogP contribution < -0.4 is 5.32 Å². The van der Waals surface area contributed by atoms with E-state index in [1.54, 1.807) is 0 Å². The van der Waals surface area contributed by atoms with Crippen LogP contribution in [0.3, 0.4) is 0 Å². The van der Waals surface area contributed by atoms with Gasteiger partial charge in [0.1, 0.15) is 4.32 Å². The molecule has 1 N–H and O–H groups in total. The van der Waals surface area contributed by atoms with Crippen LogP contribution in [-0.4, -0.2) is 48.1 Å². The molecular weight excluding hydrogens is 189 g/mol. The zero-order chi connectivity index (χ0) is 7.49. The molecule has 0 bridgehead atoms. The van der Waals surface area contributed by atoms with Gasteiger partial charge in [-0.2, -0.15) is 0 Å². The third-order valence-corrected chi connectivity index (χ3v) is 2.31. The van der Waals surface area contributed by atoms with Crippen LogP contribution in [0, 0.1) is 0 Å². The molecule has 0 unspecified atom stereocenters. The SMILES string of the molecule is C[Si](C)(C)CNC(=S)S.[Na]. The fourth-order valence-electron chi connectivity index (χ4n) is 0.341. The topological polar surface area (TPSA) is 12.0 Å². The van der Waals surface area contributed by atoms with Crippen molar-refractivity contribution in [3.8, 4) is 0 Å². The van der Waals surface area contributed by atoms with E-state index in [1.807, 2.05) is 0 Å². The van der Waals surface area contributed by atoms with Crippen LogP contribution in [0.2, 0.25) is 19.6 Å². The van der Waals surface area contributed by atoms with Gasteiger partial charge in [-0.3, -0.25) is 0 Å². The average molecular weight is 202 g/mol. The van der Waals surface area contributed by atoms with Crippen molar-refractivity contribution in [1.29, 1.82) is 0 Å². The molecule has 0 fully saturated rings. The molecule has 1 nitrogen and oxygen atoms in total. The molecule has 0 rings (SSSR count). The van der Waals surface area contributed by atoms with E-state index in [9.17, 15) is 0 Å². The summed E-state index contributed by atoms with van der Waals surface area (Å²) in [5.74, 6) is 0. The second kappa shape index (κ2) is 6.03. The van der Waals surface area contributed by atoms with Crippen molar-refractivity contribution in [3.05, 3.63) is 0 Å². The van der Waals surface area contributed by atoms with Gasteiger partial charge in [0.2, 0.25) is 0 Å². The van der Waals surface area contributed by atoms with E-state index in [4.69, 9.17) is 12.2 Å². The molecule has 5 heteroatoms. The molecule has 10 heavy (non-hydrogen) atoms. The molecule has 0 saturated heterocycles. The minimum atomic E-state index is -0.967. The first-order valence-electron chi connectivity index (χ1n) is 2.88. The molecule has 0 amide bonds. The molecule has 0 aromatic rings. The number of rotatable bonds is 2. The van der Waals surface area contributed by atoms with Gasteiger partial charge in [0.15, 0.2) is 0 Å². The maximum absolute atomic E-state index is 4.74. The summed E-state index contributed by atoms with van der Waals surface area (Å²) in [5.41, 5.74) is 0. The number of nitrogens with one attached hydrogen (secondary N) is 1. The monoisotopic (exact) mass is 202 g/mol. The van der Waals surface area contributed by atoms with Crippen LogP contribution in [-0.2, 0) is 0 Å². The molecule has 0 aromatic heterocycles. The molecular formula is C5H13NNaS2Si. The summed E-state index contributed by atoms with van der Waals surface area (Å²) in [6.45, 7) is 6.85. The van der Waals surface area contributed by atoms with Crippen molar-refractivity contribution in [1.82, 2.24) is 5.32 Å². The van der Waals surface area contributed by atoms with E-state index in [1.165, 1.54) is 0 Å². The van der Waals surface area contributed by atoms with E-state index in [0.29, 0.717) is 4.32 Å². The van der Waals surface area contributed by atoms with Crippen LogP contribution in [0.25, 0.3) is 0 Å². The standard InChI is InChI=1S/C5H13NS2Si.Na/c1-9(2,3)4-6-5(7)8;/h4H2,1-3H3,(H2,6,7,8);. The van der Waals surface area contributed by atoms with Gasteiger partial charge >= 0.3 is 0 Å². The van der Waals surface area contributed by atoms with Crippen LogP contribution in [0.5, 0.6) is 0 Å². The maximum atomic E-state index is 4.74. The summed E-state index contributed by atoms with van der Waals surface area (Å²) in [7, 11) is -0.967. The maximum Gasteiger partial charge on any atom is 0.130 e. The van der Waals surface area contributed by atoms with E-state index in [2.05, 4.69) is 37.6 Å². The number of thiocarbonyl (C=S) groups is 1. The molecule has 0 heterocycles. The molecule has 1 radical (unpaired) electrons. The Balaban J connectivity index is 0. The summed E-state index contributed by atoms with van der Waals surface area (Å²) in [6.07, 6.45) is 1.02.